The number of aryl methyl sites for hydroxylation is 1. The summed E-state index contributed by atoms with van der Waals surface area (Å²) in [7, 11) is 0. The number of rotatable bonds is 1. The van der Waals surface area contributed by atoms with Crippen LogP contribution in [0.5, 0.6) is 0 Å². The minimum atomic E-state index is -0.507. The minimum absolute atomic E-state index is 0.482. The molecule has 1 aromatic heterocycles. The Bertz CT molecular complexity index is 379. The van der Waals surface area contributed by atoms with Crippen molar-refractivity contribution in [1.82, 2.24) is 4.98 Å². The molecule has 1 rings (SSSR count). The van der Waals surface area contributed by atoms with E-state index in [4.69, 9.17) is 4.74 Å². The van der Waals surface area contributed by atoms with E-state index in [-0.39, 0.29) is 0 Å². The molecule has 4 nitrogen and oxygen atoms in total. The van der Waals surface area contributed by atoms with E-state index in [2.05, 4.69) is 26.2 Å². The van der Waals surface area contributed by atoms with Crippen LogP contribution in [0, 0.1) is 6.92 Å². The molecule has 0 atom stereocenters. The Kier molecular flexibility index (Phi) is 3.91. The zero-order chi connectivity index (χ0) is 12.3. The highest BCUT2D eigenvalue weighted by Gasteiger charge is 2.17. The van der Waals surface area contributed by atoms with Gasteiger partial charge in [0, 0.05) is 6.20 Å². The normalized spacial score (nSPS) is 11.1. The van der Waals surface area contributed by atoms with Crippen LogP contribution in [0.15, 0.2) is 16.9 Å². The van der Waals surface area contributed by atoms with Crippen molar-refractivity contribution in [1.29, 1.82) is 0 Å². The van der Waals surface area contributed by atoms with E-state index in [1.165, 1.54) is 0 Å². The predicted molar refractivity (Wildman–Crippen MR) is 66.5 cm³/mol. The van der Waals surface area contributed by atoms with Crippen molar-refractivity contribution in [3.63, 3.8) is 0 Å². The van der Waals surface area contributed by atoms with Crippen LogP contribution in [-0.2, 0) is 4.74 Å². The SMILES string of the molecule is Cc1ccnc(Br)c1NC(=O)OC(C)(C)C. The van der Waals surface area contributed by atoms with Crippen molar-refractivity contribution in [2.75, 3.05) is 5.32 Å². The molecule has 0 aliphatic heterocycles. The molecular formula is C11H15BrN2O2. The first-order chi connectivity index (χ1) is 7.29. The molecule has 88 valence electrons. The minimum Gasteiger partial charge on any atom is -0.444 e. The van der Waals surface area contributed by atoms with Gasteiger partial charge in [0.2, 0.25) is 0 Å². The Balaban J connectivity index is 2.78. The fourth-order valence-corrected chi connectivity index (χ4v) is 1.61. The van der Waals surface area contributed by atoms with Gasteiger partial charge in [-0.2, -0.15) is 0 Å². The molecule has 0 aromatic carbocycles. The van der Waals surface area contributed by atoms with Crippen LogP contribution in [0.25, 0.3) is 0 Å². The second kappa shape index (κ2) is 4.82. The van der Waals surface area contributed by atoms with Crippen LogP contribution in [0.4, 0.5) is 10.5 Å². The van der Waals surface area contributed by atoms with Gasteiger partial charge in [-0.15, -0.1) is 0 Å². The monoisotopic (exact) mass is 286 g/mol. The Morgan fingerprint density at radius 3 is 2.62 bits per heavy atom. The van der Waals surface area contributed by atoms with Gasteiger partial charge in [-0.1, -0.05) is 0 Å². The van der Waals surface area contributed by atoms with Crippen LogP contribution in [0.2, 0.25) is 0 Å². The molecule has 16 heavy (non-hydrogen) atoms. The number of halogens is 1. The van der Waals surface area contributed by atoms with Gasteiger partial charge < -0.3 is 4.74 Å². The standard InChI is InChI=1S/C11H15BrN2O2/c1-7-5-6-13-9(12)8(7)14-10(15)16-11(2,3)4/h5-6H,1-4H3,(H,14,15). The Labute approximate surface area is 104 Å². The highest BCUT2D eigenvalue weighted by Crippen LogP contribution is 2.23. The summed E-state index contributed by atoms with van der Waals surface area (Å²) in [5.41, 5.74) is 1.05. The smallest absolute Gasteiger partial charge is 0.412 e. The average Bonchev–Trinajstić information content (AvgIpc) is 2.08. The molecule has 0 radical (unpaired) electrons. The van der Waals surface area contributed by atoms with Crippen LogP contribution in [0.3, 0.4) is 0 Å². The highest BCUT2D eigenvalue weighted by atomic mass is 79.9. The van der Waals surface area contributed by atoms with Crippen molar-refractivity contribution in [3.05, 3.63) is 22.4 Å². The van der Waals surface area contributed by atoms with Crippen LogP contribution >= 0.6 is 15.9 Å². The average molecular weight is 287 g/mol. The van der Waals surface area contributed by atoms with E-state index < -0.39 is 11.7 Å². The first-order valence-corrected chi connectivity index (χ1v) is 5.70. The summed E-state index contributed by atoms with van der Waals surface area (Å²) in [6.07, 6.45) is 1.18. The van der Waals surface area contributed by atoms with Gasteiger partial charge in [-0.25, -0.2) is 9.78 Å². The molecule has 0 unspecified atom stereocenters. The number of anilines is 1. The molecule has 5 heteroatoms. The fraction of sp³-hybridized carbons (Fsp3) is 0.455. The number of hydrogen-bond donors (Lipinski definition) is 1. The lowest BCUT2D eigenvalue weighted by Gasteiger charge is -2.20. The largest absolute Gasteiger partial charge is 0.444 e. The first kappa shape index (κ1) is 13.0. The summed E-state index contributed by atoms with van der Waals surface area (Å²) in [4.78, 5) is 15.6. The van der Waals surface area contributed by atoms with Gasteiger partial charge in [0.25, 0.3) is 0 Å². The number of aromatic nitrogens is 1. The van der Waals surface area contributed by atoms with Crippen LogP contribution in [-0.4, -0.2) is 16.7 Å². The Morgan fingerprint density at radius 2 is 2.12 bits per heavy atom. The Hall–Kier alpha value is -1.10. The van der Waals surface area contributed by atoms with E-state index in [1.54, 1.807) is 6.20 Å². The molecule has 1 N–H and O–H groups in total. The van der Waals surface area contributed by atoms with E-state index in [9.17, 15) is 4.79 Å². The van der Waals surface area contributed by atoms with Crippen molar-refractivity contribution in [3.8, 4) is 0 Å². The lowest BCUT2D eigenvalue weighted by Crippen LogP contribution is -2.27. The van der Waals surface area contributed by atoms with Crippen molar-refractivity contribution in [2.24, 2.45) is 0 Å². The zero-order valence-electron chi connectivity index (χ0n) is 9.80. The number of nitrogens with zero attached hydrogens (tertiary/aromatic N) is 1. The number of carbonyl (C=O) groups is 1. The van der Waals surface area contributed by atoms with Gasteiger partial charge in [0.05, 0.1) is 5.69 Å². The summed E-state index contributed by atoms with van der Waals surface area (Å²) < 4.78 is 5.75. The molecule has 1 heterocycles. The fourth-order valence-electron chi connectivity index (χ4n) is 1.08. The van der Waals surface area contributed by atoms with Gasteiger partial charge in [0.1, 0.15) is 10.2 Å². The third-order valence-corrected chi connectivity index (χ3v) is 2.34. The molecule has 0 fully saturated rings. The number of nitrogens with one attached hydrogen (secondary N) is 1. The van der Waals surface area contributed by atoms with E-state index in [0.717, 1.165) is 5.56 Å². The molecule has 0 saturated heterocycles. The summed E-state index contributed by atoms with van der Waals surface area (Å²) in [5.74, 6) is 0. The maximum absolute atomic E-state index is 11.6. The van der Waals surface area contributed by atoms with Gasteiger partial charge >= 0.3 is 6.09 Å². The maximum atomic E-state index is 11.6. The second-order valence-corrected chi connectivity index (χ2v) is 5.17. The van der Waals surface area contributed by atoms with E-state index >= 15 is 0 Å². The number of pyridine rings is 1. The Morgan fingerprint density at radius 1 is 1.50 bits per heavy atom. The molecule has 0 aliphatic rings. The molecular weight excluding hydrogens is 272 g/mol. The van der Waals surface area contributed by atoms with Crippen LogP contribution in [0.1, 0.15) is 26.3 Å². The molecule has 1 aromatic rings. The first-order valence-electron chi connectivity index (χ1n) is 4.91. The zero-order valence-corrected chi connectivity index (χ0v) is 11.4. The molecule has 0 saturated carbocycles. The van der Waals surface area contributed by atoms with Gasteiger partial charge in [0.15, 0.2) is 0 Å². The van der Waals surface area contributed by atoms with E-state index in [1.807, 2.05) is 33.8 Å². The predicted octanol–water partition coefficient (Wildman–Crippen LogP) is 3.50. The van der Waals surface area contributed by atoms with Crippen molar-refractivity contribution < 1.29 is 9.53 Å². The second-order valence-electron chi connectivity index (χ2n) is 4.42. The van der Waals surface area contributed by atoms with Gasteiger partial charge in [-0.3, -0.25) is 5.32 Å². The van der Waals surface area contributed by atoms with Gasteiger partial charge in [-0.05, 0) is 55.3 Å². The highest BCUT2D eigenvalue weighted by molar-refractivity contribution is 9.10. The topological polar surface area (TPSA) is 51.2 Å². The molecule has 1 amide bonds. The lowest BCUT2D eigenvalue weighted by molar-refractivity contribution is 0.0635. The third-order valence-electron chi connectivity index (χ3n) is 1.74. The summed E-state index contributed by atoms with van der Waals surface area (Å²) >= 11 is 3.27. The third kappa shape index (κ3) is 3.81. The molecule has 0 bridgehead atoms. The number of ether oxygens (including phenoxy) is 1. The summed E-state index contributed by atoms with van der Waals surface area (Å²) in [6, 6.07) is 1.82. The van der Waals surface area contributed by atoms with Crippen LogP contribution < -0.4 is 5.32 Å². The van der Waals surface area contributed by atoms with E-state index in [0.29, 0.717) is 10.3 Å². The molecule has 0 aliphatic carbocycles. The molecule has 0 spiro atoms. The summed E-state index contributed by atoms with van der Waals surface area (Å²) in [6.45, 7) is 7.34. The lowest BCUT2D eigenvalue weighted by atomic mass is 10.2. The van der Waals surface area contributed by atoms with Crippen molar-refractivity contribution >= 4 is 27.7 Å². The maximum Gasteiger partial charge on any atom is 0.412 e. The quantitative estimate of drug-likeness (QED) is 0.804. The number of hydrogen-bond acceptors (Lipinski definition) is 3. The number of amides is 1. The summed E-state index contributed by atoms with van der Waals surface area (Å²) in [5, 5.41) is 2.66. The number of carbonyl (C=O) groups excluding carboxylic acids is 1. The van der Waals surface area contributed by atoms with Crippen molar-refractivity contribution in [2.45, 2.75) is 33.3 Å².